The zero-order valence-electron chi connectivity index (χ0n) is 52.9. The van der Waals surface area contributed by atoms with Crippen molar-refractivity contribution in [2.75, 3.05) is 13.2 Å². The third-order valence-corrected chi connectivity index (χ3v) is 15.5. The van der Waals surface area contributed by atoms with Gasteiger partial charge in [-0.05, 0) is 83.5 Å². The molecule has 0 aromatic rings. The van der Waals surface area contributed by atoms with Crippen molar-refractivity contribution in [2.45, 2.75) is 374 Å². The van der Waals surface area contributed by atoms with E-state index in [-0.39, 0.29) is 31.1 Å². The molecule has 0 heterocycles. The largest absolute Gasteiger partial charge is 0.462 e. The monoisotopic (exact) mass is 1110 g/mol. The molecule has 0 rings (SSSR count). The van der Waals surface area contributed by atoms with Crippen LogP contribution in [0.2, 0.25) is 0 Å². The average Bonchev–Trinajstić information content (AvgIpc) is 3.45. The SMILES string of the molecule is CC/C=C\C/C=C\C/C=C\C/C=C\CCCCCCCCCCC(=O)OC(COC(=O)CCCCCCCCC/C=C\CCCCCCCCC)COC(=O)CCCCCCCCCCCCCCCCCCCCCCCC. The lowest BCUT2D eigenvalue weighted by molar-refractivity contribution is -0.167. The summed E-state index contributed by atoms with van der Waals surface area (Å²) in [4.78, 5) is 38.5. The number of carbonyl (C=O) groups is 3. The van der Waals surface area contributed by atoms with Gasteiger partial charge >= 0.3 is 17.9 Å². The second-order valence-electron chi connectivity index (χ2n) is 23.4. The van der Waals surface area contributed by atoms with Gasteiger partial charge in [0.1, 0.15) is 13.2 Å². The van der Waals surface area contributed by atoms with Crippen LogP contribution in [0.3, 0.4) is 0 Å². The van der Waals surface area contributed by atoms with Gasteiger partial charge in [0, 0.05) is 19.3 Å². The maximum absolute atomic E-state index is 13.0. The number of carbonyl (C=O) groups excluding carboxylic acids is 3. The van der Waals surface area contributed by atoms with E-state index >= 15 is 0 Å². The van der Waals surface area contributed by atoms with Crippen LogP contribution in [0.15, 0.2) is 60.8 Å². The zero-order chi connectivity index (χ0) is 57.1. The van der Waals surface area contributed by atoms with Crippen molar-refractivity contribution >= 4 is 17.9 Å². The summed E-state index contributed by atoms with van der Waals surface area (Å²) in [5, 5.41) is 0. The summed E-state index contributed by atoms with van der Waals surface area (Å²) in [5.41, 5.74) is 0. The number of ether oxygens (including phenoxy) is 3. The fourth-order valence-electron chi connectivity index (χ4n) is 10.3. The first-order valence-corrected chi connectivity index (χ1v) is 34.8. The third-order valence-electron chi connectivity index (χ3n) is 15.5. The van der Waals surface area contributed by atoms with Gasteiger partial charge in [0.25, 0.3) is 0 Å². The lowest BCUT2D eigenvalue weighted by Gasteiger charge is -2.18. The molecule has 0 aliphatic heterocycles. The molecule has 0 fully saturated rings. The number of hydrogen-bond donors (Lipinski definition) is 0. The fourth-order valence-corrected chi connectivity index (χ4v) is 10.3. The van der Waals surface area contributed by atoms with Crippen molar-refractivity contribution in [1.29, 1.82) is 0 Å². The summed E-state index contributed by atoms with van der Waals surface area (Å²) >= 11 is 0. The van der Waals surface area contributed by atoms with Crippen LogP contribution in [-0.2, 0) is 28.6 Å². The topological polar surface area (TPSA) is 78.9 Å². The first-order valence-electron chi connectivity index (χ1n) is 34.8. The van der Waals surface area contributed by atoms with E-state index in [1.54, 1.807) is 0 Å². The molecule has 6 heteroatoms. The Morgan fingerprint density at radius 1 is 0.266 bits per heavy atom. The summed E-state index contributed by atoms with van der Waals surface area (Å²) in [7, 11) is 0. The van der Waals surface area contributed by atoms with Gasteiger partial charge in [-0.1, -0.05) is 326 Å². The Labute approximate surface area is 491 Å². The van der Waals surface area contributed by atoms with Gasteiger partial charge in [-0.2, -0.15) is 0 Å². The van der Waals surface area contributed by atoms with E-state index in [4.69, 9.17) is 14.2 Å². The van der Waals surface area contributed by atoms with Gasteiger partial charge < -0.3 is 14.2 Å². The molecule has 0 aromatic heterocycles. The van der Waals surface area contributed by atoms with E-state index in [0.717, 1.165) is 89.9 Å². The average molecular weight is 1110 g/mol. The van der Waals surface area contributed by atoms with Gasteiger partial charge in [-0.25, -0.2) is 0 Å². The number of hydrogen-bond acceptors (Lipinski definition) is 6. The quantitative estimate of drug-likeness (QED) is 0.0261. The fraction of sp³-hybridized carbons (Fsp3) is 0.822. The number of allylic oxidation sites excluding steroid dienone is 10. The van der Waals surface area contributed by atoms with Crippen LogP contribution in [-0.4, -0.2) is 37.2 Å². The normalized spacial score (nSPS) is 12.4. The van der Waals surface area contributed by atoms with Crippen molar-refractivity contribution in [3.8, 4) is 0 Å². The minimum Gasteiger partial charge on any atom is -0.462 e. The Morgan fingerprint density at radius 2 is 0.494 bits per heavy atom. The molecule has 0 saturated carbocycles. The van der Waals surface area contributed by atoms with Crippen LogP contribution in [0.25, 0.3) is 0 Å². The van der Waals surface area contributed by atoms with Crippen LogP contribution in [0.5, 0.6) is 0 Å². The molecule has 1 unspecified atom stereocenters. The highest BCUT2D eigenvalue weighted by molar-refractivity contribution is 5.71. The molecular formula is C73H132O6. The Balaban J connectivity index is 4.35. The van der Waals surface area contributed by atoms with Crippen LogP contribution < -0.4 is 0 Å². The molecule has 0 aliphatic carbocycles. The van der Waals surface area contributed by atoms with Crippen LogP contribution in [0.4, 0.5) is 0 Å². The van der Waals surface area contributed by atoms with E-state index in [9.17, 15) is 14.4 Å². The van der Waals surface area contributed by atoms with Gasteiger partial charge in [0.2, 0.25) is 0 Å². The number of esters is 3. The molecule has 0 aromatic carbocycles. The zero-order valence-corrected chi connectivity index (χ0v) is 52.9. The number of unbranched alkanes of at least 4 members (excludes halogenated alkanes) is 43. The summed E-state index contributed by atoms with van der Waals surface area (Å²) in [6.07, 6.45) is 86.6. The molecule has 460 valence electrons. The van der Waals surface area contributed by atoms with Gasteiger partial charge in [0.15, 0.2) is 6.10 Å². The van der Waals surface area contributed by atoms with Crippen LogP contribution in [0, 0.1) is 0 Å². The Kier molecular flexibility index (Phi) is 65.1. The minimum atomic E-state index is -0.781. The lowest BCUT2D eigenvalue weighted by Crippen LogP contribution is -2.30. The van der Waals surface area contributed by atoms with Crippen LogP contribution >= 0.6 is 0 Å². The second kappa shape index (κ2) is 67.6. The van der Waals surface area contributed by atoms with E-state index in [2.05, 4.69) is 81.5 Å². The Morgan fingerprint density at radius 3 is 0.785 bits per heavy atom. The Hall–Kier alpha value is -2.89. The van der Waals surface area contributed by atoms with E-state index in [1.165, 1.54) is 238 Å². The maximum Gasteiger partial charge on any atom is 0.306 e. The summed E-state index contributed by atoms with van der Waals surface area (Å²) < 4.78 is 17.0. The molecule has 0 amide bonds. The highest BCUT2D eigenvalue weighted by Gasteiger charge is 2.19. The van der Waals surface area contributed by atoms with Crippen molar-refractivity contribution in [2.24, 2.45) is 0 Å². The first-order chi connectivity index (χ1) is 39.0. The van der Waals surface area contributed by atoms with E-state index < -0.39 is 6.10 Å². The molecule has 0 aliphatic rings. The highest BCUT2D eigenvalue weighted by Crippen LogP contribution is 2.18. The maximum atomic E-state index is 13.0. The van der Waals surface area contributed by atoms with Gasteiger partial charge in [-0.3, -0.25) is 14.4 Å². The van der Waals surface area contributed by atoms with Crippen molar-refractivity contribution in [3.05, 3.63) is 60.8 Å². The predicted octanol–water partition coefficient (Wildman–Crippen LogP) is 23.9. The summed E-state index contributed by atoms with van der Waals surface area (Å²) in [6.45, 7) is 6.58. The van der Waals surface area contributed by atoms with E-state index in [0.29, 0.717) is 19.3 Å². The van der Waals surface area contributed by atoms with Crippen LogP contribution in [0.1, 0.15) is 367 Å². The second-order valence-corrected chi connectivity index (χ2v) is 23.4. The Bertz CT molecular complexity index is 1410. The molecule has 1 atom stereocenters. The minimum absolute atomic E-state index is 0.0750. The van der Waals surface area contributed by atoms with Gasteiger partial charge in [-0.15, -0.1) is 0 Å². The third kappa shape index (κ3) is 65.8. The van der Waals surface area contributed by atoms with E-state index in [1.807, 2.05) is 0 Å². The first kappa shape index (κ1) is 76.1. The molecule has 6 nitrogen and oxygen atoms in total. The van der Waals surface area contributed by atoms with Crippen molar-refractivity contribution < 1.29 is 28.6 Å². The molecule has 0 N–H and O–H groups in total. The molecule has 79 heavy (non-hydrogen) atoms. The summed E-state index contributed by atoms with van der Waals surface area (Å²) in [6, 6.07) is 0. The standard InChI is InChI=1S/C73H132O6/c1-4-7-10-13-16-19-22-25-28-31-34-36-38-39-42-45-48-51-54-57-60-63-66-72(75)78-69-70(68-77-71(74)65-62-59-56-53-50-47-44-41-33-30-27-24-21-18-15-12-9-6-3)79-73(76)67-64-61-58-55-52-49-46-43-40-37-35-32-29-26-23-20-17-14-11-8-5-2/h8,11,17,20,26,29-30,33,35,37,70H,4-7,9-10,12-16,18-19,21-25,27-28,31-32,34,36,38-69H2,1-3H3/b11-8-,20-17-,29-26-,33-30-,37-35-. The molecule has 0 saturated heterocycles. The van der Waals surface area contributed by atoms with Crippen molar-refractivity contribution in [1.82, 2.24) is 0 Å². The number of rotatable bonds is 64. The smallest absolute Gasteiger partial charge is 0.306 e. The molecule has 0 spiro atoms. The summed E-state index contributed by atoms with van der Waals surface area (Å²) in [5.74, 6) is -0.863. The molecule has 0 bridgehead atoms. The van der Waals surface area contributed by atoms with Crippen molar-refractivity contribution in [3.63, 3.8) is 0 Å². The highest BCUT2D eigenvalue weighted by atomic mass is 16.6. The molecule has 0 radical (unpaired) electrons. The van der Waals surface area contributed by atoms with Gasteiger partial charge in [0.05, 0.1) is 0 Å². The molecular weight excluding hydrogens is 973 g/mol. The lowest BCUT2D eigenvalue weighted by atomic mass is 10.0. The predicted molar refractivity (Wildman–Crippen MR) is 344 cm³/mol.